The van der Waals surface area contributed by atoms with Crippen LogP contribution in [0, 0.1) is 5.92 Å². The third-order valence-corrected chi connectivity index (χ3v) is 4.18. The van der Waals surface area contributed by atoms with E-state index in [1.807, 2.05) is 43.0 Å². The Morgan fingerprint density at radius 1 is 1.35 bits per heavy atom. The molecular formula is C16H23ClN2O. The van der Waals surface area contributed by atoms with Gasteiger partial charge in [0.2, 0.25) is 5.91 Å². The maximum Gasteiger partial charge on any atom is 0.240 e. The van der Waals surface area contributed by atoms with E-state index in [4.69, 9.17) is 17.3 Å². The summed E-state index contributed by atoms with van der Waals surface area (Å²) in [6.45, 7) is 6.02. The van der Waals surface area contributed by atoms with Crippen LogP contribution in [-0.2, 0) is 4.79 Å². The first kappa shape index (κ1) is 15.3. The molecule has 20 heavy (non-hydrogen) atoms. The van der Waals surface area contributed by atoms with Crippen molar-refractivity contribution in [1.82, 2.24) is 4.90 Å². The van der Waals surface area contributed by atoms with E-state index in [-0.39, 0.29) is 17.9 Å². The van der Waals surface area contributed by atoms with Crippen LogP contribution in [0.3, 0.4) is 0 Å². The Bertz CT molecular complexity index is 485. The van der Waals surface area contributed by atoms with Crippen molar-refractivity contribution in [1.29, 1.82) is 0 Å². The number of nitrogens with zero attached hydrogens (tertiary/aromatic N) is 1. The molecule has 0 aliphatic heterocycles. The number of hydrogen-bond acceptors (Lipinski definition) is 2. The maximum atomic E-state index is 12.6. The molecule has 110 valence electrons. The predicted molar refractivity (Wildman–Crippen MR) is 82.5 cm³/mol. The first-order valence-electron chi connectivity index (χ1n) is 7.25. The van der Waals surface area contributed by atoms with E-state index < -0.39 is 6.04 Å². The van der Waals surface area contributed by atoms with Crippen LogP contribution in [0.2, 0.25) is 5.02 Å². The number of amides is 1. The number of benzene rings is 1. The molecule has 1 aromatic rings. The van der Waals surface area contributed by atoms with Crippen molar-refractivity contribution in [2.75, 3.05) is 0 Å². The summed E-state index contributed by atoms with van der Waals surface area (Å²) in [4.78, 5) is 14.6. The minimum absolute atomic E-state index is 0.0125. The fraction of sp³-hybridized carbons (Fsp3) is 0.562. The van der Waals surface area contributed by atoms with Gasteiger partial charge in [0.1, 0.15) is 0 Å². The fourth-order valence-electron chi connectivity index (χ4n) is 2.42. The number of carbonyl (C=O) groups excluding carboxylic acids is 1. The summed E-state index contributed by atoms with van der Waals surface area (Å²) in [6.07, 6.45) is 2.14. The van der Waals surface area contributed by atoms with Crippen molar-refractivity contribution in [3.05, 3.63) is 34.9 Å². The molecule has 1 fully saturated rings. The molecule has 1 aliphatic carbocycles. The zero-order valence-corrected chi connectivity index (χ0v) is 13.1. The van der Waals surface area contributed by atoms with E-state index in [1.54, 1.807) is 0 Å². The van der Waals surface area contributed by atoms with Gasteiger partial charge in [-0.1, -0.05) is 37.6 Å². The van der Waals surface area contributed by atoms with Crippen molar-refractivity contribution in [3.8, 4) is 0 Å². The number of carbonyl (C=O) groups is 1. The molecule has 1 aromatic carbocycles. The summed E-state index contributed by atoms with van der Waals surface area (Å²) in [5.41, 5.74) is 7.12. The highest BCUT2D eigenvalue weighted by atomic mass is 35.5. The first-order chi connectivity index (χ1) is 9.41. The Morgan fingerprint density at radius 2 is 2.00 bits per heavy atom. The van der Waals surface area contributed by atoms with E-state index in [2.05, 4.69) is 6.92 Å². The number of hydrogen-bond donors (Lipinski definition) is 1. The van der Waals surface area contributed by atoms with Gasteiger partial charge in [-0.15, -0.1) is 0 Å². The van der Waals surface area contributed by atoms with Crippen LogP contribution in [0.5, 0.6) is 0 Å². The number of rotatable bonds is 5. The Balaban J connectivity index is 2.22. The number of halogens is 1. The molecular weight excluding hydrogens is 272 g/mol. The highest BCUT2D eigenvalue weighted by molar-refractivity contribution is 6.30. The average Bonchev–Trinajstić information content (AvgIpc) is 3.22. The normalized spacial score (nSPS) is 17.9. The van der Waals surface area contributed by atoms with Gasteiger partial charge >= 0.3 is 0 Å². The first-order valence-corrected chi connectivity index (χ1v) is 7.63. The lowest BCUT2D eigenvalue weighted by molar-refractivity contribution is -0.136. The minimum atomic E-state index is -0.433. The molecule has 2 N–H and O–H groups in total. The summed E-state index contributed by atoms with van der Waals surface area (Å²) in [5, 5.41) is 0.700. The van der Waals surface area contributed by atoms with E-state index >= 15 is 0 Å². The molecule has 0 spiro atoms. The molecule has 2 atom stereocenters. The van der Waals surface area contributed by atoms with Crippen molar-refractivity contribution in [2.24, 2.45) is 11.7 Å². The SMILES string of the molecule is CC(C)[C@H](N)C(=O)N(C1CC1)[C@@H](C)c1cccc(Cl)c1. The Morgan fingerprint density at radius 3 is 2.50 bits per heavy atom. The fourth-order valence-corrected chi connectivity index (χ4v) is 2.62. The molecule has 0 aromatic heterocycles. The topological polar surface area (TPSA) is 46.3 Å². The van der Waals surface area contributed by atoms with Gasteiger partial charge in [0.05, 0.1) is 12.1 Å². The van der Waals surface area contributed by atoms with Crippen molar-refractivity contribution in [3.63, 3.8) is 0 Å². The van der Waals surface area contributed by atoms with Crippen molar-refractivity contribution >= 4 is 17.5 Å². The molecule has 0 radical (unpaired) electrons. The highest BCUT2D eigenvalue weighted by Crippen LogP contribution is 2.35. The predicted octanol–water partition coefficient (Wildman–Crippen LogP) is 3.38. The van der Waals surface area contributed by atoms with Gasteiger partial charge in [-0.05, 0) is 43.4 Å². The standard InChI is InChI=1S/C16H23ClN2O/c1-10(2)15(18)16(20)19(14-7-8-14)11(3)12-5-4-6-13(17)9-12/h4-6,9-11,14-15H,7-8,18H2,1-3H3/t11-,15-/m0/s1. The molecule has 1 amide bonds. The Hall–Kier alpha value is -1.06. The summed E-state index contributed by atoms with van der Waals surface area (Å²) in [5.74, 6) is 0.199. The van der Waals surface area contributed by atoms with Crippen LogP contribution < -0.4 is 5.73 Å². The third kappa shape index (κ3) is 3.33. The molecule has 1 aliphatic rings. The summed E-state index contributed by atoms with van der Waals surface area (Å²) in [7, 11) is 0. The summed E-state index contributed by atoms with van der Waals surface area (Å²) in [6, 6.07) is 7.63. The minimum Gasteiger partial charge on any atom is -0.332 e. The van der Waals surface area contributed by atoms with Gasteiger partial charge in [0.25, 0.3) is 0 Å². The molecule has 0 unspecified atom stereocenters. The second-order valence-electron chi connectivity index (χ2n) is 5.98. The van der Waals surface area contributed by atoms with E-state index in [0.29, 0.717) is 11.1 Å². The van der Waals surface area contributed by atoms with Gasteiger partial charge in [-0.25, -0.2) is 0 Å². The molecule has 4 heteroatoms. The van der Waals surface area contributed by atoms with Gasteiger partial charge in [0.15, 0.2) is 0 Å². The smallest absolute Gasteiger partial charge is 0.240 e. The quantitative estimate of drug-likeness (QED) is 0.905. The second-order valence-corrected chi connectivity index (χ2v) is 6.41. The lowest BCUT2D eigenvalue weighted by Gasteiger charge is -2.33. The molecule has 0 heterocycles. The van der Waals surface area contributed by atoms with Crippen LogP contribution in [-0.4, -0.2) is 22.9 Å². The second kappa shape index (κ2) is 6.15. The van der Waals surface area contributed by atoms with Crippen LogP contribution in [0.4, 0.5) is 0 Å². The highest BCUT2D eigenvalue weighted by Gasteiger charge is 2.38. The zero-order chi connectivity index (χ0) is 14.9. The van der Waals surface area contributed by atoms with Gasteiger partial charge < -0.3 is 10.6 Å². The van der Waals surface area contributed by atoms with Crippen molar-refractivity contribution < 1.29 is 4.79 Å². The molecule has 0 bridgehead atoms. The lowest BCUT2D eigenvalue weighted by atomic mass is 10.0. The Kier molecular flexibility index (Phi) is 4.71. The van der Waals surface area contributed by atoms with Crippen LogP contribution in [0.25, 0.3) is 0 Å². The summed E-state index contributed by atoms with van der Waals surface area (Å²) < 4.78 is 0. The number of nitrogens with two attached hydrogens (primary N) is 1. The van der Waals surface area contributed by atoms with Crippen LogP contribution >= 0.6 is 11.6 Å². The Labute approximate surface area is 126 Å². The largest absolute Gasteiger partial charge is 0.332 e. The zero-order valence-electron chi connectivity index (χ0n) is 12.3. The lowest BCUT2D eigenvalue weighted by Crippen LogP contribution is -2.48. The van der Waals surface area contributed by atoms with Gasteiger partial charge in [0, 0.05) is 11.1 Å². The molecule has 0 saturated heterocycles. The maximum absolute atomic E-state index is 12.6. The van der Waals surface area contributed by atoms with E-state index in [0.717, 1.165) is 18.4 Å². The van der Waals surface area contributed by atoms with E-state index in [1.165, 1.54) is 0 Å². The average molecular weight is 295 g/mol. The monoisotopic (exact) mass is 294 g/mol. The van der Waals surface area contributed by atoms with Crippen molar-refractivity contribution in [2.45, 2.75) is 51.7 Å². The third-order valence-electron chi connectivity index (χ3n) is 3.95. The van der Waals surface area contributed by atoms with Gasteiger partial charge in [-0.3, -0.25) is 4.79 Å². The molecule has 3 nitrogen and oxygen atoms in total. The van der Waals surface area contributed by atoms with Crippen LogP contribution in [0.1, 0.15) is 45.2 Å². The molecule has 1 saturated carbocycles. The van der Waals surface area contributed by atoms with Crippen LogP contribution in [0.15, 0.2) is 24.3 Å². The van der Waals surface area contributed by atoms with E-state index in [9.17, 15) is 4.79 Å². The summed E-state index contributed by atoms with van der Waals surface area (Å²) >= 11 is 6.05. The molecule has 2 rings (SSSR count). The van der Waals surface area contributed by atoms with Gasteiger partial charge in [-0.2, -0.15) is 0 Å².